The Labute approximate surface area is 133 Å². The predicted molar refractivity (Wildman–Crippen MR) is 84.8 cm³/mol. The smallest absolute Gasteiger partial charge is 0.410 e. The molecule has 0 radical (unpaired) electrons. The highest BCUT2D eigenvalue weighted by Crippen LogP contribution is 2.35. The second kappa shape index (κ2) is 6.36. The molecule has 5 heteroatoms. The molecule has 3 rings (SSSR count). The molecule has 1 saturated carbocycles. The second-order valence-electron chi connectivity index (χ2n) is 7.98. The molecule has 22 heavy (non-hydrogen) atoms. The van der Waals surface area contributed by atoms with E-state index in [1.165, 1.54) is 25.7 Å². The van der Waals surface area contributed by atoms with Crippen LogP contribution < -0.4 is 5.32 Å². The highest BCUT2D eigenvalue weighted by Gasteiger charge is 2.39. The zero-order valence-electron chi connectivity index (χ0n) is 14.1. The average Bonchev–Trinajstić information content (AvgIpc) is 3.05. The molecule has 3 aliphatic rings. The summed E-state index contributed by atoms with van der Waals surface area (Å²) < 4.78 is 11.3. The van der Waals surface area contributed by atoms with Gasteiger partial charge in [0.05, 0.1) is 6.10 Å². The van der Waals surface area contributed by atoms with Crippen molar-refractivity contribution in [2.45, 2.75) is 76.7 Å². The number of amides is 1. The molecule has 0 bridgehead atoms. The first-order chi connectivity index (χ1) is 10.4. The van der Waals surface area contributed by atoms with Crippen LogP contribution >= 0.6 is 0 Å². The molecule has 4 atom stereocenters. The lowest BCUT2D eigenvalue weighted by Gasteiger charge is -2.35. The maximum atomic E-state index is 12.1. The normalized spacial score (nSPS) is 35.5. The lowest BCUT2D eigenvalue weighted by atomic mass is 9.81. The van der Waals surface area contributed by atoms with E-state index in [0.29, 0.717) is 24.1 Å². The van der Waals surface area contributed by atoms with Crippen LogP contribution in [0.3, 0.4) is 0 Å². The molecule has 5 nitrogen and oxygen atoms in total. The Morgan fingerprint density at radius 2 is 2.05 bits per heavy atom. The lowest BCUT2D eigenvalue weighted by Crippen LogP contribution is -2.48. The van der Waals surface area contributed by atoms with Crippen molar-refractivity contribution in [2.75, 3.05) is 19.7 Å². The number of hydrogen-bond donors (Lipinski definition) is 1. The zero-order chi connectivity index (χ0) is 15.7. The number of rotatable bonds is 2. The van der Waals surface area contributed by atoms with Crippen LogP contribution in [-0.4, -0.2) is 54.5 Å². The molecule has 3 fully saturated rings. The molecule has 1 N–H and O–H groups in total. The van der Waals surface area contributed by atoms with E-state index in [-0.39, 0.29) is 6.09 Å². The van der Waals surface area contributed by atoms with E-state index in [9.17, 15) is 4.79 Å². The second-order valence-corrected chi connectivity index (χ2v) is 7.98. The largest absolute Gasteiger partial charge is 0.444 e. The maximum Gasteiger partial charge on any atom is 0.410 e. The fraction of sp³-hybridized carbons (Fsp3) is 0.941. The van der Waals surface area contributed by atoms with Crippen LogP contribution in [0.4, 0.5) is 4.79 Å². The molecular weight excluding hydrogens is 280 g/mol. The monoisotopic (exact) mass is 310 g/mol. The summed E-state index contributed by atoms with van der Waals surface area (Å²) in [6, 6.07) is 0.960. The Hall–Kier alpha value is -0.810. The highest BCUT2D eigenvalue weighted by atomic mass is 16.6. The third-order valence-electron chi connectivity index (χ3n) is 5.07. The first-order valence-corrected chi connectivity index (χ1v) is 8.78. The molecule has 2 saturated heterocycles. The Morgan fingerprint density at radius 3 is 2.82 bits per heavy atom. The highest BCUT2D eigenvalue weighted by molar-refractivity contribution is 5.68. The van der Waals surface area contributed by atoms with Crippen molar-refractivity contribution in [1.29, 1.82) is 0 Å². The van der Waals surface area contributed by atoms with Gasteiger partial charge in [0.2, 0.25) is 0 Å². The van der Waals surface area contributed by atoms with Crippen LogP contribution in [0.25, 0.3) is 0 Å². The van der Waals surface area contributed by atoms with Gasteiger partial charge in [-0.15, -0.1) is 0 Å². The van der Waals surface area contributed by atoms with Gasteiger partial charge in [0, 0.05) is 37.7 Å². The number of carbonyl (C=O) groups is 1. The van der Waals surface area contributed by atoms with E-state index in [0.717, 1.165) is 26.1 Å². The molecule has 126 valence electrons. The van der Waals surface area contributed by atoms with Crippen LogP contribution in [0, 0.1) is 5.92 Å². The van der Waals surface area contributed by atoms with Crippen LogP contribution in [-0.2, 0) is 9.47 Å². The van der Waals surface area contributed by atoms with Crippen LogP contribution in [0.2, 0.25) is 0 Å². The fourth-order valence-corrected chi connectivity index (χ4v) is 4.07. The molecule has 0 spiro atoms. The molecule has 0 unspecified atom stereocenters. The van der Waals surface area contributed by atoms with Gasteiger partial charge in [-0.25, -0.2) is 4.79 Å². The number of nitrogens with one attached hydrogen (secondary N) is 1. The van der Waals surface area contributed by atoms with Crippen molar-refractivity contribution in [3.05, 3.63) is 0 Å². The predicted octanol–water partition coefficient (Wildman–Crippen LogP) is 2.54. The van der Waals surface area contributed by atoms with E-state index in [4.69, 9.17) is 9.47 Å². The molecule has 2 aliphatic heterocycles. The summed E-state index contributed by atoms with van der Waals surface area (Å²) >= 11 is 0. The number of nitrogens with zero attached hydrogens (tertiary/aromatic N) is 1. The van der Waals surface area contributed by atoms with Gasteiger partial charge in [-0.05, 0) is 52.9 Å². The average molecular weight is 310 g/mol. The van der Waals surface area contributed by atoms with Gasteiger partial charge >= 0.3 is 6.09 Å². The van der Waals surface area contributed by atoms with Crippen molar-refractivity contribution in [3.8, 4) is 0 Å². The van der Waals surface area contributed by atoms with Gasteiger partial charge < -0.3 is 19.7 Å². The zero-order valence-corrected chi connectivity index (χ0v) is 14.1. The van der Waals surface area contributed by atoms with Gasteiger partial charge in [-0.3, -0.25) is 0 Å². The minimum Gasteiger partial charge on any atom is -0.444 e. The van der Waals surface area contributed by atoms with Crippen LogP contribution in [0.15, 0.2) is 0 Å². The van der Waals surface area contributed by atoms with Crippen LogP contribution in [0.5, 0.6) is 0 Å². The fourth-order valence-electron chi connectivity index (χ4n) is 4.07. The summed E-state index contributed by atoms with van der Waals surface area (Å²) in [5.74, 6) is 0.671. The summed E-state index contributed by atoms with van der Waals surface area (Å²) in [5.41, 5.74) is -0.416. The molecule has 0 aromatic rings. The van der Waals surface area contributed by atoms with Crippen molar-refractivity contribution in [1.82, 2.24) is 10.2 Å². The number of fused-ring (bicyclic) bond motifs is 1. The Balaban J connectivity index is 1.49. The molecule has 0 aromatic heterocycles. The molecular formula is C17H30N2O3. The minimum atomic E-state index is -0.416. The maximum absolute atomic E-state index is 12.1. The van der Waals surface area contributed by atoms with Crippen molar-refractivity contribution in [3.63, 3.8) is 0 Å². The third-order valence-corrected chi connectivity index (χ3v) is 5.07. The summed E-state index contributed by atoms with van der Waals surface area (Å²) in [4.78, 5) is 14.0. The van der Waals surface area contributed by atoms with Crippen molar-refractivity contribution < 1.29 is 14.3 Å². The Morgan fingerprint density at radius 1 is 1.23 bits per heavy atom. The Bertz CT molecular complexity index is 407. The summed E-state index contributed by atoms with van der Waals surface area (Å²) in [5, 5.41) is 3.81. The van der Waals surface area contributed by atoms with Crippen molar-refractivity contribution >= 4 is 6.09 Å². The third kappa shape index (κ3) is 3.74. The number of ether oxygens (including phenoxy) is 2. The van der Waals surface area contributed by atoms with Crippen molar-refractivity contribution in [2.24, 2.45) is 5.92 Å². The SMILES string of the molecule is CC(C)(C)OC(=O)N1CC[C@H](N[C@@H]2CCC[C@@H]3OCC[C@@H]32)C1. The van der Waals surface area contributed by atoms with Gasteiger partial charge in [-0.2, -0.15) is 0 Å². The van der Waals surface area contributed by atoms with Crippen LogP contribution in [0.1, 0.15) is 52.9 Å². The quantitative estimate of drug-likeness (QED) is 0.851. The first kappa shape index (κ1) is 16.1. The topological polar surface area (TPSA) is 50.8 Å². The summed E-state index contributed by atoms with van der Waals surface area (Å²) in [7, 11) is 0. The summed E-state index contributed by atoms with van der Waals surface area (Å²) in [6.07, 6.45) is 6.21. The molecule has 1 aliphatic carbocycles. The van der Waals surface area contributed by atoms with Gasteiger partial charge in [-0.1, -0.05) is 0 Å². The van der Waals surface area contributed by atoms with Gasteiger partial charge in [0.25, 0.3) is 0 Å². The molecule has 1 amide bonds. The van der Waals surface area contributed by atoms with Gasteiger partial charge in [0.15, 0.2) is 0 Å². The van der Waals surface area contributed by atoms with E-state index >= 15 is 0 Å². The van der Waals surface area contributed by atoms with E-state index in [2.05, 4.69) is 5.32 Å². The van der Waals surface area contributed by atoms with E-state index in [1.807, 2.05) is 25.7 Å². The minimum absolute atomic E-state index is 0.178. The van der Waals surface area contributed by atoms with E-state index < -0.39 is 5.60 Å². The first-order valence-electron chi connectivity index (χ1n) is 8.78. The summed E-state index contributed by atoms with van der Waals surface area (Å²) in [6.45, 7) is 8.23. The number of carbonyl (C=O) groups excluding carboxylic acids is 1. The lowest BCUT2D eigenvalue weighted by molar-refractivity contribution is 0.0284. The molecule has 2 heterocycles. The number of likely N-dealkylation sites (tertiary alicyclic amines) is 1. The molecule has 0 aromatic carbocycles. The van der Waals surface area contributed by atoms with E-state index in [1.54, 1.807) is 0 Å². The van der Waals surface area contributed by atoms with Gasteiger partial charge in [0.1, 0.15) is 5.60 Å². The standard InChI is InChI=1S/C17H30N2O3/c1-17(2,3)22-16(20)19-9-7-12(11-19)18-14-5-4-6-15-13(14)8-10-21-15/h12-15,18H,4-11H2,1-3H3/t12-,13+,14+,15-/m0/s1. The Kier molecular flexibility index (Phi) is 4.64. The number of hydrogen-bond acceptors (Lipinski definition) is 4.